The monoisotopic (exact) mass is 554 g/mol. The normalized spacial score (nSPS) is 13.8. The lowest BCUT2D eigenvalue weighted by Crippen LogP contribution is -2.47. The zero-order valence-electron chi connectivity index (χ0n) is 23.7. The molecule has 0 spiro atoms. The molecule has 11 nitrogen and oxygen atoms in total. The third-order valence-corrected chi connectivity index (χ3v) is 10.1. The molecule has 0 atom stereocenters. The molecule has 0 fully saturated rings. The lowest BCUT2D eigenvalue weighted by molar-refractivity contribution is 0.0990. The van der Waals surface area contributed by atoms with Gasteiger partial charge >= 0.3 is 0 Å². The molecular weight excluding hydrogens is 516 g/mol. The van der Waals surface area contributed by atoms with Gasteiger partial charge in [0.05, 0.1) is 28.0 Å². The zero-order chi connectivity index (χ0) is 28.2. The SMILES string of the molecule is COc1nc(NCCCN(C)C)nc(OC)c1NC(=O)c1ccc(Oc2c(C)ccc3c2NCC[Si]3(C)C)o1. The number of fused-ring (bicyclic) bond motifs is 1. The number of anilines is 3. The third-order valence-electron chi connectivity index (χ3n) is 6.68. The highest BCUT2D eigenvalue weighted by Crippen LogP contribution is 2.37. The van der Waals surface area contributed by atoms with Gasteiger partial charge < -0.3 is 39.5 Å². The van der Waals surface area contributed by atoms with Crippen LogP contribution in [0.25, 0.3) is 0 Å². The number of nitrogens with one attached hydrogen (secondary N) is 3. The van der Waals surface area contributed by atoms with Crippen molar-refractivity contribution in [2.24, 2.45) is 0 Å². The number of rotatable bonds is 11. The number of carbonyl (C=O) groups is 1. The predicted octanol–water partition coefficient (Wildman–Crippen LogP) is 4.14. The fraction of sp³-hybridized carbons (Fsp3) is 0.444. The Balaban J connectivity index is 1.50. The Morgan fingerprint density at radius 2 is 1.85 bits per heavy atom. The van der Waals surface area contributed by atoms with E-state index >= 15 is 0 Å². The van der Waals surface area contributed by atoms with Gasteiger partial charge in [-0.1, -0.05) is 25.2 Å². The second kappa shape index (κ2) is 12.0. The topological polar surface area (TPSA) is 123 Å². The van der Waals surface area contributed by atoms with E-state index in [-0.39, 0.29) is 29.2 Å². The van der Waals surface area contributed by atoms with Gasteiger partial charge in [-0.25, -0.2) is 0 Å². The van der Waals surface area contributed by atoms with Gasteiger partial charge in [0.25, 0.3) is 11.9 Å². The number of furan rings is 1. The molecule has 2 aromatic heterocycles. The number of hydrogen-bond donors (Lipinski definition) is 3. The molecule has 1 amide bonds. The average molecular weight is 555 g/mol. The molecule has 4 rings (SSSR count). The summed E-state index contributed by atoms with van der Waals surface area (Å²) in [5, 5.41) is 10.7. The first-order valence-electron chi connectivity index (χ1n) is 13.0. The van der Waals surface area contributed by atoms with Crippen molar-refractivity contribution in [1.29, 1.82) is 0 Å². The van der Waals surface area contributed by atoms with Crippen LogP contribution in [0.3, 0.4) is 0 Å². The standard InChI is InChI=1S/C27H38N6O5Si/c1-17-9-11-19-21(28-14-16-39(19,6)7)23(17)38-20-12-10-18(37-20)24(34)30-22-25(35-4)31-27(32-26(22)36-5)29-13-8-15-33(2)3/h9-12,28H,8,13-16H2,1-7H3,(H,30,34)(H,29,31,32). The van der Waals surface area contributed by atoms with Crippen molar-refractivity contribution in [3.63, 3.8) is 0 Å². The van der Waals surface area contributed by atoms with Crippen molar-refractivity contribution >= 4 is 36.5 Å². The van der Waals surface area contributed by atoms with Crippen molar-refractivity contribution in [3.8, 4) is 23.5 Å². The van der Waals surface area contributed by atoms with Gasteiger partial charge in [0, 0.05) is 19.2 Å². The number of amides is 1. The molecule has 3 heterocycles. The van der Waals surface area contributed by atoms with Crippen LogP contribution in [0.1, 0.15) is 22.5 Å². The number of aromatic nitrogens is 2. The number of nitrogens with zero attached hydrogens (tertiary/aromatic N) is 3. The van der Waals surface area contributed by atoms with E-state index in [2.05, 4.69) is 56.0 Å². The fourth-order valence-electron chi connectivity index (χ4n) is 4.46. The summed E-state index contributed by atoms with van der Waals surface area (Å²) in [5.41, 5.74) is 2.20. The molecule has 1 aliphatic rings. The quantitative estimate of drug-likeness (QED) is 0.235. The molecule has 0 saturated carbocycles. The van der Waals surface area contributed by atoms with Crippen LogP contribution < -0.4 is 35.3 Å². The predicted molar refractivity (Wildman–Crippen MR) is 155 cm³/mol. The number of hydrogen-bond acceptors (Lipinski definition) is 10. The van der Waals surface area contributed by atoms with Crippen LogP contribution in [-0.2, 0) is 0 Å². The number of benzene rings is 1. The summed E-state index contributed by atoms with van der Waals surface area (Å²) in [7, 11) is 5.41. The maximum absolute atomic E-state index is 13.1. The van der Waals surface area contributed by atoms with Gasteiger partial charge in [-0.2, -0.15) is 9.97 Å². The summed E-state index contributed by atoms with van der Waals surface area (Å²) in [6.45, 7) is 9.23. The highest BCUT2D eigenvalue weighted by Gasteiger charge is 2.32. The van der Waals surface area contributed by atoms with E-state index in [4.69, 9.17) is 18.6 Å². The van der Waals surface area contributed by atoms with Crippen LogP contribution in [0, 0.1) is 6.92 Å². The highest BCUT2D eigenvalue weighted by molar-refractivity contribution is 6.91. The second-order valence-electron chi connectivity index (χ2n) is 10.4. The molecule has 39 heavy (non-hydrogen) atoms. The van der Waals surface area contributed by atoms with Crippen molar-refractivity contribution in [1.82, 2.24) is 14.9 Å². The first-order valence-corrected chi connectivity index (χ1v) is 16.2. The van der Waals surface area contributed by atoms with Gasteiger partial charge in [0.2, 0.25) is 17.7 Å². The van der Waals surface area contributed by atoms with Gasteiger partial charge in [-0.3, -0.25) is 4.79 Å². The van der Waals surface area contributed by atoms with E-state index in [1.165, 1.54) is 19.4 Å². The molecule has 0 saturated heterocycles. The summed E-state index contributed by atoms with van der Waals surface area (Å²) in [6, 6.07) is 8.63. The third kappa shape index (κ3) is 6.45. The van der Waals surface area contributed by atoms with Crippen molar-refractivity contribution in [2.45, 2.75) is 32.5 Å². The van der Waals surface area contributed by atoms with Crippen LogP contribution in [-0.4, -0.2) is 76.8 Å². The second-order valence-corrected chi connectivity index (χ2v) is 15.2. The van der Waals surface area contributed by atoms with Crippen molar-refractivity contribution in [2.75, 3.05) is 63.9 Å². The fourth-order valence-corrected chi connectivity index (χ4v) is 6.90. The van der Waals surface area contributed by atoms with Gasteiger partial charge in [-0.15, -0.1) is 0 Å². The average Bonchev–Trinajstić information content (AvgIpc) is 3.37. The smallest absolute Gasteiger partial charge is 0.291 e. The van der Waals surface area contributed by atoms with E-state index in [9.17, 15) is 4.79 Å². The lowest BCUT2D eigenvalue weighted by Gasteiger charge is -2.33. The van der Waals surface area contributed by atoms with Crippen molar-refractivity contribution < 1.29 is 23.4 Å². The van der Waals surface area contributed by atoms with Crippen LogP contribution in [0.2, 0.25) is 19.1 Å². The van der Waals surface area contributed by atoms with E-state index in [1.54, 1.807) is 12.1 Å². The van der Waals surface area contributed by atoms with Crippen LogP contribution >= 0.6 is 0 Å². The number of methoxy groups -OCH3 is 2. The Morgan fingerprint density at radius 3 is 2.51 bits per heavy atom. The summed E-state index contributed by atoms with van der Waals surface area (Å²) < 4.78 is 22.8. The molecule has 1 aromatic carbocycles. The maximum Gasteiger partial charge on any atom is 0.291 e. The summed E-state index contributed by atoms with van der Waals surface area (Å²) in [5.74, 6) is 1.15. The Labute approximate surface area is 230 Å². The Bertz CT molecular complexity index is 1300. The van der Waals surface area contributed by atoms with Crippen molar-refractivity contribution in [3.05, 3.63) is 35.6 Å². The maximum atomic E-state index is 13.1. The molecule has 1 aliphatic heterocycles. The number of carbonyl (C=O) groups excluding carboxylic acids is 1. The zero-order valence-corrected chi connectivity index (χ0v) is 24.7. The summed E-state index contributed by atoms with van der Waals surface area (Å²) in [4.78, 5) is 24.0. The lowest BCUT2D eigenvalue weighted by atomic mass is 10.2. The van der Waals surface area contributed by atoms with E-state index < -0.39 is 14.0 Å². The van der Waals surface area contributed by atoms with Gasteiger partial charge in [0.1, 0.15) is 0 Å². The first-order chi connectivity index (χ1) is 18.6. The highest BCUT2D eigenvalue weighted by atomic mass is 28.3. The van der Waals surface area contributed by atoms with E-state index in [1.807, 2.05) is 21.0 Å². The van der Waals surface area contributed by atoms with E-state index in [0.717, 1.165) is 42.6 Å². The van der Waals surface area contributed by atoms with Gasteiger partial charge in [-0.05, 0) is 56.8 Å². The molecule has 0 unspecified atom stereocenters. The summed E-state index contributed by atoms with van der Waals surface area (Å²) in [6.07, 6.45) is 0.906. The molecule has 3 aromatic rings. The molecule has 3 N–H and O–H groups in total. The number of aryl methyl sites for hydroxylation is 1. The Morgan fingerprint density at radius 1 is 1.13 bits per heavy atom. The Hall–Kier alpha value is -3.77. The molecule has 210 valence electrons. The van der Waals surface area contributed by atoms with Crippen LogP contribution in [0.5, 0.6) is 23.5 Å². The summed E-state index contributed by atoms with van der Waals surface area (Å²) >= 11 is 0. The molecule has 0 aliphatic carbocycles. The first kappa shape index (κ1) is 28.2. The minimum absolute atomic E-state index is 0.0603. The minimum Gasteiger partial charge on any atom is -0.479 e. The largest absolute Gasteiger partial charge is 0.479 e. The van der Waals surface area contributed by atoms with Crippen LogP contribution in [0.4, 0.5) is 17.3 Å². The molecule has 12 heteroatoms. The van der Waals surface area contributed by atoms with Crippen LogP contribution in [0.15, 0.2) is 28.7 Å². The Kier molecular flexibility index (Phi) is 8.65. The molecular formula is C27H38N6O5Si. The molecule has 0 bridgehead atoms. The number of ether oxygens (including phenoxy) is 3. The van der Waals surface area contributed by atoms with Gasteiger partial charge in [0.15, 0.2) is 17.2 Å². The molecule has 0 radical (unpaired) electrons. The minimum atomic E-state index is -1.55. The van der Waals surface area contributed by atoms with E-state index in [0.29, 0.717) is 12.5 Å².